The molecule has 0 spiro atoms. The van der Waals surface area contributed by atoms with E-state index in [2.05, 4.69) is 181 Å². The fourth-order valence-electron chi connectivity index (χ4n) is 7.51. The summed E-state index contributed by atoms with van der Waals surface area (Å²) in [5, 5.41) is 2.00. The summed E-state index contributed by atoms with van der Waals surface area (Å²) >= 11 is 0. The highest BCUT2D eigenvalue weighted by molar-refractivity contribution is 6.30. The summed E-state index contributed by atoms with van der Waals surface area (Å²) in [6.07, 6.45) is 10.9. The molecule has 238 valence electrons. The van der Waals surface area contributed by atoms with Gasteiger partial charge in [-0.15, -0.1) is 0 Å². The molecule has 0 amide bonds. The van der Waals surface area contributed by atoms with Crippen LogP contribution < -0.4 is 10.7 Å². The number of nitrogens with zero attached hydrogens (tertiary/aromatic N) is 3. The van der Waals surface area contributed by atoms with Crippen LogP contribution in [0.25, 0.3) is 22.3 Å². The van der Waals surface area contributed by atoms with Gasteiger partial charge in [0.1, 0.15) is 0 Å². The molecule has 4 nitrogen and oxygen atoms in total. The van der Waals surface area contributed by atoms with Crippen molar-refractivity contribution in [2.75, 3.05) is 0 Å². The molecule has 1 N–H and O–H groups in total. The molecule has 4 aromatic carbocycles. The molecule has 50 heavy (non-hydrogen) atoms. The van der Waals surface area contributed by atoms with Gasteiger partial charge in [0.25, 0.3) is 0 Å². The summed E-state index contributed by atoms with van der Waals surface area (Å²) in [7, 11) is 2.15. The van der Waals surface area contributed by atoms with Crippen LogP contribution >= 0.6 is 0 Å². The van der Waals surface area contributed by atoms with Crippen molar-refractivity contribution in [1.82, 2.24) is 9.55 Å². The largest absolute Gasteiger partial charge is 0.354 e. The first-order valence-corrected chi connectivity index (χ1v) is 17.0. The SMILES string of the molecule is Cc1c2cn(C)c1C(c1ccccc1)=C1C=NC(=C1)C(c1ccccc1)=c1ccc([nH]1)=C(c1ccccc1)C1=NC(=C2c2ccccc2)C=C1. The van der Waals surface area contributed by atoms with E-state index in [0.29, 0.717) is 0 Å². The minimum Gasteiger partial charge on any atom is -0.354 e. The Balaban J connectivity index is 1.46. The zero-order chi connectivity index (χ0) is 33.6. The molecule has 9 rings (SSSR count). The summed E-state index contributed by atoms with van der Waals surface area (Å²) in [5.41, 5.74) is 16.2. The van der Waals surface area contributed by atoms with E-state index >= 15 is 0 Å². The van der Waals surface area contributed by atoms with Gasteiger partial charge in [-0.3, -0.25) is 4.99 Å². The maximum Gasteiger partial charge on any atom is 0.0737 e. The van der Waals surface area contributed by atoms with Crippen LogP contribution in [0.1, 0.15) is 39.1 Å². The van der Waals surface area contributed by atoms with Gasteiger partial charge in [0.05, 0.1) is 22.8 Å². The molecule has 0 fully saturated rings. The summed E-state index contributed by atoms with van der Waals surface area (Å²) in [5.74, 6) is 0. The number of rotatable bonds is 4. The number of allylic oxidation sites excluding steroid dienone is 5. The van der Waals surface area contributed by atoms with Crippen LogP contribution in [0.3, 0.4) is 0 Å². The maximum absolute atomic E-state index is 5.43. The molecule has 0 radical (unpaired) electrons. The van der Waals surface area contributed by atoms with Gasteiger partial charge in [-0.1, -0.05) is 121 Å². The highest BCUT2D eigenvalue weighted by Crippen LogP contribution is 2.40. The van der Waals surface area contributed by atoms with Gasteiger partial charge in [0.2, 0.25) is 0 Å². The molecular formula is C46H34N4. The Morgan fingerprint density at radius 2 is 1.08 bits per heavy atom. The van der Waals surface area contributed by atoms with Crippen LogP contribution in [0, 0.1) is 6.92 Å². The van der Waals surface area contributed by atoms with Crippen LogP contribution in [0.15, 0.2) is 185 Å². The Bertz CT molecular complexity index is 2610. The van der Waals surface area contributed by atoms with E-state index in [9.17, 15) is 0 Å². The highest BCUT2D eigenvalue weighted by Gasteiger charge is 2.26. The summed E-state index contributed by atoms with van der Waals surface area (Å²) in [4.78, 5) is 14.4. The van der Waals surface area contributed by atoms with Gasteiger partial charge >= 0.3 is 0 Å². The smallest absolute Gasteiger partial charge is 0.0737 e. The first-order chi connectivity index (χ1) is 24.6. The van der Waals surface area contributed by atoms with E-state index in [4.69, 9.17) is 9.98 Å². The molecule has 4 heteroatoms. The molecule has 8 bridgehead atoms. The van der Waals surface area contributed by atoms with Crippen molar-refractivity contribution >= 4 is 34.2 Å². The average Bonchev–Trinajstić information content (AvgIpc) is 3.98. The van der Waals surface area contributed by atoms with Crippen molar-refractivity contribution in [2.45, 2.75) is 6.92 Å². The van der Waals surface area contributed by atoms with Crippen LogP contribution in [0.5, 0.6) is 0 Å². The van der Waals surface area contributed by atoms with Crippen LogP contribution in [-0.2, 0) is 7.05 Å². The minimum absolute atomic E-state index is 0.915. The summed E-state index contributed by atoms with van der Waals surface area (Å²) in [6.45, 7) is 2.24. The van der Waals surface area contributed by atoms with Gasteiger partial charge in [-0.25, -0.2) is 4.99 Å². The van der Waals surface area contributed by atoms with E-state index in [-0.39, 0.29) is 0 Å². The lowest BCUT2D eigenvalue weighted by Crippen LogP contribution is -2.19. The molecule has 0 saturated heterocycles. The van der Waals surface area contributed by atoms with E-state index in [1.54, 1.807) is 0 Å². The van der Waals surface area contributed by atoms with Crippen molar-refractivity contribution in [1.29, 1.82) is 0 Å². The molecule has 6 aromatic rings. The predicted molar refractivity (Wildman–Crippen MR) is 206 cm³/mol. The zero-order valence-corrected chi connectivity index (χ0v) is 27.9. The number of nitrogens with one attached hydrogen (secondary N) is 1. The monoisotopic (exact) mass is 642 g/mol. The Hall–Kier alpha value is -6.52. The number of H-pyrrole nitrogens is 1. The molecular weight excluding hydrogens is 609 g/mol. The third-order valence-electron chi connectivity index (χ3n) is 9.75. The zero-order valence-electron chi connectivity index (χ0n) is 27.9. The first kappa shape index (κ1) is 29.6. The number of fused-ring (bicyclic) bond motifs is 6. The molecule has 0 aliphatic carbocycles. The number of hydrogen-bond donors (Lipinski definition) is 1. The van der Waals surface area contributed by atoms with Gasteiger partial charge in [0.15, 0.2) is 0 Å². The lowest BCUT2D eigenvalue weighted by molar-refractivity contribution is 0.904. The Morgan fingerprint density at radius 3 is 1.68 bits per heavy atom. The third-order valence-corrected chi connectivity index (χ3v) is 9.75. The molecule has 0 saturated carbocycles. The van der Waals surface area contributed by atoms with Gasteiger partial charge < -0.3 is 9.55 Å². The summed E-state index contributed by atoms with van der Waals surface area (Å²) < 4.78 is 2.27. The quantitative estimate of drug-likeness (QED) is 0.201. The Kier molecular flexibility index (Phi) is 7.21. The number of hydrogen-bond acceptors (Lipinski definition) is 2. The number of benzene rings is 4. The topological polar surface area (TPSA) is 45.4 Å². The van der Waals surface area contributed by atoms with Crippen LogP contribution in [0.4, 0.5) is 0 Å². The van der Waals surface area contributed by atoms with E-state index < -0.39 is 0 Å². The van der Waals surface area contributed by atoms with Gasteiger partial charge in [-0.05, 0) is 65.1 Å². The second-order valence-electron chi connectivity index (χ2n) is 12.8. The highest BCUT2D eigenvalue weighted by atomic mass is 14.9. The van der Waals surface area contributed by atoms with E-state index in [1.165, 1.54) is 5.56 Å². The Morgan fingerprint density at radius 1 is 0.560 bits per heavy atom. The first-order valence-electron chi connectivity index (χ1n) is 17.0. The van der Waals surface area contributed by atoms with Crippen molar-refractivity contribution in [2.24, 2.45) is 17.0 Å². The minimum atomic E-state index is 0.915. The van der Waals surface area contributed by atoms with Crippen molar-refractivity contribution in [3.05, 3.63) is 225 Å². The lowest BCUT2D eigenvalue weighted by atomic mass is 9.90. The standard InChI is InChI=1S/C46H34N4/c1-30-36-29-50(2)46(30)42(31-15-7-3-8-16-31)35-27-41(47-28-35)45(34-21-13-6-14-22-34)40-26-25-39(49-40)44(33-19-11-5-12-20-33)38-24-23-37(48-38)43(36)32-17-9-4-10-18-32/h3-29,49H,1-2H3. The van der Waals surface area contributed by atoms with Crippen LogP contribution in [0.2, 0.25) is 0 Å². The van der Waals surface area contributed by atoms with E-state index in [0.717, 1.165) is 89.2 Å². The molecule has 0 unspecified atom stereocenters. The fourth-order valence-corrected chi connectivity index (χ4v) is 7.51. The van der Waals surface area contributed by atoms with E-state index in [1.807, 2.05) is 6.21 Å². The van der Waals surface area contributed by atoms with Crippen molar-refractivity contribution in [3.8, 4) is 0 Å². The molecule has 2 aromatic heterocycles. The number of aryl methyl sites for hydroxylation is 1. The number of aromatic nitrogens is 2. The Labute approximate surface area is 291 Å². The molecule has 3 aliphatic rings. The lowest BCUT2D eigenvalue weighted by Gasteiger charge is -2.14. The molecule has 5 heterocycles. The van der Waals surface area contributed by atoms with Crippen molar-refractivity contribution < 1.29 is 0 Å². The second-order valence-corrected chi connectivity index (χ2v) is 12.8. The maximum atomic E-state index is 5.43. The van der Waals surface area contributed by atoms with Gasteiger partial charge in [-0.2, -0.15) is 0 Å². The molecule has 0 atom stereocenters. The second kappa shape index (κ2) is 12.2. The van der Waals surface area contributed by atoms with Crippen molar-refractivity contribution in [3.63, 3.8) is 0 Å². The molecule has 3 aliphatic heterocycles. The number of aromatic amines is 1. The van der Waals surface area contributed by atoms with Gasteiger partial charge in [0, 0.05) is 63.6 Å². The normalized spacial score (nSPS) is 15.2. The third kappa shape index (κ3) is 5.01. The average molecular weight is 643 g/mol. The van der Waals surface area contributed by atoms with Crippen LogP contribution in [-0.4, -0.2) is 21.5 Å². The fraction of sp³-hybridized carbons (Fsp3) is 0.0435. The number of aliphatic imine (C=N–C) groups is 2. The predicted octanol–water partition coefficient (Wildman–Crippen LogP) is 8.31. The summed E-state index contributed by atoms with van der Waals surface area (Å²) in [6, 6.07) is 46.8.